The van der Waals surface area contributed by atoms with Crippen LogP contribution in [0.15, 0.2) is 29.2 Å². The average molecular weight is 369 g/mol. The molecule has 1 saturated heterocycles. The summed E-state index contributed by atoms with van der Waals surface area (Å²) in [6.45, 7) is 8.42. The van der Waals surface area contributed by atoms with Gasteiger partial charge in [-0.3, -0.25) is 4.79 Å². The molecule has 1 aromatic carbocycles. The minimum absolute atomic E-state index is 0.0287. The number of nitrogens with one attached hydrogen (secondary N) is 2. The first kappa shape index (κ1) is 19.9. The summed E-state index contributed by atoms with van der Waals surface area (Å²) in [4.78, 5) is 13.8. The molecule has 0 aliphatic carbocycles. The smallest absolute Gasteiger partial charge is 0.279 e. The number of likely N-dealkylation sites (tertiary alicyclic amines) is 1. The summed E-state index contributed by atoms with van der Waals surface area (Å²) in [5.41, 5.74) is 0.626. The minimum atomic E-state index is -3.50. The molecule has 0 saturated carbocycles. The number of rotatable bonds is 6. The van der Waals surface area contributed by atoms with E-state index in [4.69, 9.17) is 0 Å². The van der Waals surface area contributed by atoms with Gasteiger partial charge in [0.2, 0.25) is 10.0 Å². The van der Waals surface area contributed by atoms with Gasteiger partial charge in [0.1, 0.15) is 0 Å². The average Bonchev–Trinajstić information content (AvgIpc) is 2.54. The molecule has 2 rings (SSSR count). The van der Waals surface area contributed by atoms with Crippen molar-refractivity contribution in [2.45, 2.75) is 44.6 Å². The monoisotopic (exact) mass is 368 g/mol. The predicted octanol–water partition coefficient (Wildman–Crippen LogP) is 0.969. The van der Waals surface area contributed by atoms with E-state index in [0.717, 1.165) is 13.1 Å². The molecule has 1 amide bonds. The molecule has 140 valence electrons. The van der Waals surface area contributed by atoms with Crippen LogP contribution in [-0.2, 0) is 14.8 Å². The third kappa shape index (κ3) is 5.26. The molecule has 6 nitrogen and oxygen atoms in total. The largest absolute Gasteiger partial charge is 0.327 e. The van der Waals surface area contributed by atoms with Crippen molar-refractivity contribution < 1.29 is 18.1 Å². The summed E-state index contributed by atoms with van der Waals surface area (Å²) >= 11 is 0. The second-order valence-electron chi connectivity index (χ2n) is 7.32. The lowest BCUT2D eigenvalue weighted by atomic mass is 10.0. The number of carbonyl (C=O) groups is 1. The number of sulfonamides is 1. The van der Waals surface area contributed by atoms with E-state index < -0.39 is 10.0 Å². The van der Waals surface area contributed by atoms with Crippen molar-refractivity contribution in [2.75, 3.05) is 32.0 Å². The number of hydrogen-bond donors (Lipinski definition) is 2. The van der Waals surface area contributed by atoms with Crippen LogP contribution in [0.3, 0.4) is 0 Å². The highest BCUT2D eigenvalue weighted by atomic mass is 32.2. The van der Waals surface area contributed by atoms with Crippen molar-refractivity contribution in [1.29, 1.82) is 0 Å². The third-order valence-electron chi connectivity index (χ3n) is 4.82. The van der Waals surface area contributed by atoms with E-state index in [-0.39, 0.29) is 16.8 Å². The van der Waals surface area contributed by atoms with Gasteiger partial charge in [-0.25, -0.2) is 8.42 Å². The molecule has 2 atom stereocenters. The zero-order valence-corrected chi connectivity index (χ0v) is 16.4. The van der Waals surface area contributed by atoms with Crippen molar-refractivity contribution in [2.24, 2.45) is 5.92 Å². The molecule has 1 aliphatic heterocycles. The van der Waals surface area contributed by atoms with Crippen LogP contribution < -0.4 is 10.2 Å². The predicted molar refractivity (Wildman–Crippen MR) is 99.1 cm³/mol. The summed E-state index contributed by atoms with van der Waals surface area (Å²) in [5, 5.41) is 2.87. The first-order chi connectivity index (χ1) is 11.7. The molecule has 1 unspecified atom stereocenters. The Kier molecular flexibility index (Phi) is 6.59. The zero-order valence-electron chi connectivity index (χ0n) is 15.6. The Morgan fingerprint density at radius 3 is 2.52 bits per heavy atom. The maximum Gasteiger partial charge on any atom is 0.279 e. The lowest BCUT2D eigenvalue weighted by molar-refractivity contribution is -0.900. The molecule has 2 N–H and O–H groups in total. The number of hydrogen-bond acceptors (Lipinski definition) is 3. The Morgan fingerprint density at radius 1 is 1.32 bits per heavy atom. The molecule has 1 fully saturated rings. The van der Waals surface area contributed by atoms with Crippen molar-refractivity contribution in [3.63, 3.8) is 0 Å². The number of piperidine rings is 1. The van der Waals surface area contributed by atoms with Gasteiger partial charge in [-0.05, 0) is 51.0 Å². The Morgan fingerprint density at radius 2 is 1.96 bits per heavy atom. The van der Waals surface area contributed by atoms with Gasteiger partial charge in [-0.1, -0.05) is 6.92 Å². The molecule has 25 heavy (non-hydrogen) atoms. The van der Waals surface area contributed by atoms with Crippen LogP contribution in [0.2, 0.25) is 0 Å². The molecule has 0 aromatic heterocycles. The van der Waals surface area contributed by atoms with Gasteiger partial charge in [0, 0.05) is 24.7 Å². The SMILES string of the molecule is CC(C)N(C)S(=O)(=O)c1ccc(NC(=O)C[NH+]2CCC[C@H](C)C2)cc1. The van der Waals surface area contributed by atoms with E-state index in [1.54, 1.807) is 31.3 Å². The summed E-state index contributed by atoms with van der Waals surface area (Å²) in [5.74, 6) is 0.637. The topological polar surface area (TPSA) is 70.9 Å². The lowest BCUT2D eigenvalue weighted by Gasteiger charge is -2.27. The first-order valence-corrected chi connectivity index (χ1v) is 10.4. The minimum Gasteiger partial charge on any atom is -0.327 e. The fraction of sp³-hybridized carbons (Fsp3) is 0.611. The number of amides is 1. The molecule has 1 aromatic rings. The van der Waals surface area contributed by atoms with E-state index >= 15 is 0 Å². The highest BCUT2D eigenvalue weighted by Gasteiger charge is 2.24. The van der Waals surface area contributed by atoms with Crippen LogP contribution >= 0.6 is 0 Å². The summed E-state index contributed by atoms with van der Waals surface area (Å²) in [6, 6.07) is 6.26. The van der Waals surface area contributed by atoms with E-state index in [9.17, 15) is 13.2 Å². The van der Waals surface area contributed by atoms with Crippen molar-refractivity contribution >= 4 is 21.6 Å². The molecule has 0 bridgehead atoms. The lowest BCUT2D eigenvalue weighted by Crippen LogP contribution is -3.14. The Balaban J connectivity index is 1.97. The van der Waals surface area contributed by atoms with E-state index in [0.29, 0.717) is 18.2 Å². The van der Waals surface area contributed by atoms with Crippen LogP contribution in [0.25, 0.3) is 0 Å². The van der Waals surface area contributed by atoms with Crippen LogP contribution in [0.1, 0.15) is 33.6 Å². The van der Waals surface area contributed by atoms with Gasteiger partial charge >= 0.3 is 0 Å². The van der Waals surface area contributed by atoms with Crippen molar-refractivity contribution in [3.05, 3.63) is 24.3 Å². The number of carbonyl (C=O) groups excluding carboxylic acids is 1. The van der Waals surface area contributed by atoms with Crippen LogP contribution in [0.4, 0.5) is 5.69 Å². The fourth-order valence-electron chi connectivity index (χ4n) is 3.14. The molecule has 7 heteroatoms. The number of quaternary nitrogens is 1. The molecular formula is C18H30N3O3S+. The Hall–Kier alpha value is -1.44. The molecule has 0 spiro atoms. The third-order valence-corrected chi connectivity index (χ3v) is 6.87. The molecular weight excluding hydrogens is 338 g/mol. The first-order valence-electron chi connectivity index (χ1n) is 8.91. The maximum atomic E-state index is 12.4. The van der Waals surface area contributed by atoms with Crippen molar-refractivity contribution in [1.82, 2.24) is 4.31 Å². The van der Waals surface area contributed by atoms with Gasteiger partial charge < -0.3 is 10.2 Å². The second-order valence-corrected chi connectivity index (χ2v) is 9.31. The standard InChI is InChI=1S/C18H29N3O3S/c1-14(2)20(4)25(23,24)17-9-7-16(8-10-17)19-18(22)13-21-11-5-6-15(3)12-21/h7-10,14-15H,5-6,11-13H2,1-4H3,(H,19,22)/p+1/t15-/m0/s1. The van der Waals surface area contributed by atoms with Crippen LogP contribution in [0, 0.1) is 5.92 Å². The number of benzene rings is 1. The van der Waals surface area contributed by atoms with E-state index in [1.165, 1.54) is 22.0 Å². The number of anilines is 1. The van der Waals surface area contributed by atoms with E-state index in [1.807, 2.05) is 13.8 Å². The van der Waals surface area contributed by atoms with Gasteiger partial charge in [0.25, 0.3) is 5.91 Å². The fourth-order valence-corrected chi connectivity index (χ4v) is 4.51. The zero-order chi connectivity index (χ0) is 18.6. The molecule has 1 aliphatic rings. The van der Waals surface area contributed by atoms with Crippen LogP contribution in [-0.4, -0.2) is 51.4 Å². The van der Waals surface area contributed by atoms with Crippen LogP contribution in [0.5, 0.6) is 0 Å². The molecule has 0 radical (unpaired) electrons. The number of nitrogens with zero attached hydrogens (tertiary/aromatic N) is 1. The van der Waals surface area contributed by atoms with Gasteiger partial charge in [-0.15, -0.1) is 0 Å². The van der Waals surface area contributed by atoms with Crippen molar-refractivity contribution in [3.8, 4) is 0 Å². The summed E-state index contributed by atoms with van der Waals surface area (Å²) < 4.78 is 26.2. The highest BCUT2D eigenvalue weighted by Crippen LogP contribution is 2.19. The quantitative estimate of drug-likeness (QED) is 0.786. The van der Waals surface area contributed by atoms with Gasteiger partial charge in [-0.2, -0.15) is 4.31 Å². The summed E-state index contributed by atoms with van der Waals surface area (Å²) in [6.07, 6.45) is 2.41. The summed E-state index contributed by atoms with van der Waals surface area (Å²) in [7, 11) is -1.93. The second kappa shape index (κ2) is 8.29. The Bertz CT molecular complexity index is 686. The molecule has 1 heterocycles. The highest BCUT2D eigenvalue weighted by molar-refractivity contribution is 7.89. The normalized spacial score (nSPS) is 21.5. The van der Waals surface area contributed by atoms with E-state index in [2.05, 4.69) is 12.2 Å². The Labute approximate surface area is 151 Å². The maximum absolute atomic E-state index is 12.4. The van der Waals surface area contributed by atoms with Gasteiger partial charge in [0.05, 0.1) is 18.0 Å². The van der Waals surface area contributed by atoms with Gasteiger partial charge in [0.15, 0.2) is 6.54 Å².